The SMILES string of the molecule is COc1cc(CC(=O)O[C@@H](C)C(=O)N2CCc3ccccc32)cc(OC)c1OC. The van der Waals surface area contributed by atoms with Crippen LogP contribution < -0.4 is 19.1 Å². The van der Waals surface area contributed by atoms with E-state index in [9.17, 15) is 9.59 Å². The molecule has 7 heteroatoms. The number of anilines is 1. The number of ether oxygens (including phenoxy) is 4. The van der Waals surface area contributed by atoms with Gasteiger partial charge >= 0.3 is 5.97 Å². The van der Waals surface area contributed by atoms with Gasteiger partial charge in [0.1, 0.15) is 0 Å². The Hall–Kier alpha value is -3.22. The second-order valence-corrected chi connectivity index (χ2v) is 6.71. The molecule has 0 N–H and O–H groups in total. The number of para-hydroxylation sites is 1. The number of carbonyl (C=O) groups is 2. The summed E-state index contributed by atoms with van der Waals surface area (Å²) in [5.41, 5.74) is 2.64. The molecule has 1 atom stereocenters. The molecule has 0 spiro atoms. The Morgan fingerprint density at radius 3 is 2.31 bits per heavy atom. The van der Waals surface area contributed by atoms with E-state index < -0.39 is 12.1 Å². The second kappa shape index (κ2) is 8.86. The summed E-state index contributed by atoms with van der Waals surface area (Å²) in [5, 5.41) is 0. The third kappa shape index (κ3) is 4.29. The zero-order valence-electron chi connectivity index (χ0n) is 17.1. The van der Waals surface area contributed by atoms with E-state index in [1.54, 1.807) is 24.0 Å². The van der Waals surface area contributed by atoms with Crippen LogP contribution in [-0.2, 0) is 27.2 Å². The number of esters is 1. The zero-order chi connectivity index (χ0) is 21.0. The van der Waals surface area contributed by atoms with E-state index >= 15 is 0 Å². The average molecular weight is 399 g/mol. The summed E-state index contributed by atoms with van der Waals surface area (Å²) >= 11 is 0. The van der Waals surface area contributed by atoms with Gasteiger partial charge in [-0.25, -0.2) is 0 Å². The van der Waals surface area contributed by atoms with Crippen molar-refractivity contribution in [3.05, 3.63) is 47.5 Å². The molecule has 0 fully saturated rings. The summed E-state index contributed by atoms with van der Waals surface area (Å²) in [6.07, 6.45) is -0.102. The normalized spacial score (nSPS) is 13.4. The molecule has 0 unspecified atom stereocenters. The predicted molar refractivity (Wildman–Crippen MR) is 108 cm³/mol. The number of nitrogens with zero attached hydrogens (tertiary/aromatic N) is 1. The number of hydrogen-bond donors (Lipinski definition) is 0. The Labute approximate surface area is 170 Å². The molecule has 1 aliphatic rings. The van der Waals surface area contributed by atoms with Gasteiger partial charge in [0, 0.05) is 12.2 Å². The van der Waals surface area contributed by atoms with Gasteiger partial charge in [-0.2, -0.15) is 0 Å². The van der Waals surface area contributed by atoms with Crippen molar-refractivity contribution >= 4 is 17.6 Å². The Kier molecular flexibility index (Phi) is 6.26. The van der Waals surface area contributed by atoms with Crippen LogP contribution in [0.4, 0.5) is 5.69 Å². The number of methoxy groups -OCH3 is 3. The highest BCUT2D eigenvalue weighted by Gasteiger charge is 2.29. The summed E-state index contributed by atoms with van der Waals surface area (Å²) in [6.45, 7) is 2.18. The van der Waals surface area contributed by atoms with Gasteiger partial charge in [0.05, 0.1) is 27.8 Å². The van der Waals surface area contributed by atoms with E-state index in [0.29, 0.717) is 29.4 Å². The molecule has 0 bridgehead atoms. The lowest BCUT2D eigenvalue weighted by atomic mass is 10.1. The highest BCUT2D eigenvalue weighted by Crippen LogP contribution is 2.38. The first-order chi connectivity index (χ1) is 14.0. The summed E-state index contributed by atoms with van der Waals surface area (Å²) in [7, 11) is 4.53. The average Bonchev–Trinajstić information content (AvgIpc) is 3.16. The molecule has 0 aliphatic carbocycles. The Morgan fingerprint density at radius 1 is 1.03 bits per heavy atom. The third-order valence-corrected chi connectivity index (χ3v) is 4.88. The fourth-order valence-electron chi connectivity index (χ4n) is 3.48. The first-order valence-electron chi connectivity index (χ1n) is 9.36. The van der Waals surface area contributed by atoms with Crippen molar-refractivity contribution in [2.75, 3.05) is 32.8 Å². The summed E-state index contributed by atoms with van der Waals surface area (Å²) < 4.78 is 21.3. The van der Waals surface area contributed by atoms with Gasteiger partial charge < -0.3 is 23.8 Å². The van der Waals surface area contributed by atoms with E-state index in [-0.39, 0.29) is 12.3 Å². The van der Waals surface area contributed by atoms with Crippen LogP contribution in [0, 0.1) is 0 Å². The van der Waals surface area contributed by atoms with Gasteiger partial charge in [0.2, 0.25) is 5.75 Å². The van der Waals surface area contributed by atoms with E-state index in [2.05, 4.69) is 0 Å². The topological polar surface area (TPSA) is 74.3 Å². The molecule has 7 nitrogen and oxygen atoms in total. The number of hydrogen-bond acceptors (Lipinski definition) is 6. The third-order valence-electron chi connectivity index (χ3n) is 4.88. The largest absolute Gasteiger partial charge is 0.493 e. The minimum atomic E-state index is -0.879. The van der Waals surface area contributed by atoms with Crippen LogP contribution in [0.5, 0.6) is 17.2 Å². The fourth-order valence-corrected chi connectivity index (χ4v) is 3.48. The van der Waals surface area contributed by atoms with Gasteiger partial charge in [0.15, 0.2) is 17.6 Å². The molecular formula is C22H25NO6. The first-order valence-corrected chi connectivity index (χ1v) is 9.36. The lowest BCUT2D eigenvalue weighted by Gasteiger charge is -2.22. The number of fused-ring (bicyclic) bond motifs is 1. The second-order valence-electron chi connectivity index (χ2n) is 6.71. The zero-order valence-corrected chi connectivity index (χ0v) is 17.1. The number of benzene rings is 2. The van der Waals surface area contributed by atoms with Crippen LogP contribution in [0.2, 0.25) is 0 Å². The van der Waals surface area contributed by atoms with Crippen LogP contribution in [0.1, 0.15) is 18.1 Å². The molecule has 0 saturated carbocycles. The Bertz CT molecular complexity index is 885. The molecule has 1 amide bonds. The predicted octanol–water partition coefficient (Wildman–Crippen LogP) is 2.78. The maximum absolute atomic E-state index is 12.8. The highest BCUT2D eigenvalue weighted by molar-refractivity contribution is 5.99. The van der Waals surface area contributed by atoms with Crippen molar-refractivity contribution in [1.29, 1.82) is 0 Å². The van der Waals surface area contributed by atoms with E-state index in [1.165, 1.54) is 21.3 Å². The lowest BCUT2D eigenvalue weighted by Crippen LogP contribution is -2.39. The van der Waals surface area contributed by atoms with Crippen molar-refractivity contribution in [3.8, 4) is 17.2 Å². The molecule has 1 aliphatic heterocycles. The van der Waals surface area contributed by atoms with Crippen LogP contribution in [0.15, 0.2) is 36.4 Å². The highest BCUT2D eigenvalue weighted by atomic mass is 16.5. The van der Waals surface area contributed by atoms with Gasteiger partial charge in [-0.1, -0.05) is 18.2 Å². The first kappa shape index (κ1) is 20.5. The van der Waals surface area contributed by atoms with Crippen LogP contribution in [0.25, 0.3) is 0 Å². The molecule has 29 heavy (non-hydrogen) atoms. The molecule has 154 valence electrons. The number of amides is 1. The molecule has 2 aromatic carbocycles. The van der Waals surface area contributed by atoms with E-state index in [0.717, 1.165) is 17.7 Å². The minimum absolute atomic E-state index is 0.0229. The molecular weight excluding hydrogens is 374 g/mol. The van der Waals surface area contributed by atoms with Crippen LogP contribution in [-0.4, -0.2) is 45.9 Å². The number of rotatable bonds is 7. The van der Waals surface area contributed by atoms with Gasteiger partial charge in [-0.3, -0.25) is 9.59 Å². The molecule has 1 heterocycles. The minimum Gasteiger partial charge on any atom is -0.493 e. The van der Waals surface area contributed by atoms with Crippen LogP contribution >= 0.6 is 0 Å². The van der Waals surface area contributed by atoms with Crippen molar-refractivity contribution in [1.82, 2.24) is 0 Å². The standard InChI is InChI=1S/C22H25NO6/c1-14(22(25)23-10-9-16-7-5-6-8-17(16)23)29-20(24)13-15-11-18(26-2)21(28-4)19(12-15)27-3/h5-8,11-12,14H,9-10,13H2,1-4H3/t14-/m0/s1. The molecule has 2 aromatic rings. The van der Waals surface area contributed by atoms with Gasteiger partial charge in [-0.05, 0) is 42.7 Å². The van der Waals surface area contributed by atoms with Crippen LogP contribution in [0.3, 0.4) is 0 Å². The monoisotopic (exact) mass is 399 g/mol. The fraction of sp³-hybridized carbons (Fsp3) is 0.364. The molecule has 0 saturated heterocycles. The number of carbonyl (C=O) groups excluding carboxylic acids is 2. The lowest BCUT2D eigenvalue weighted by molar-refractivity contribution is -0.153. The summed E-state index contributed by atoms with van der Waals surface area (Å²) in [6, 6.07) is 11.1. The summed E-state index contributed by atoms with van der Waals surface area (Å²) in [4.78, 5) is 26.9. The summed E-state index contributed by atoms with van der Waals surface area (Å²) in [5.74, 6) is 0.615. The van der Waals surface area contributed by atoms with E-state index in [4.69, 9.17) is 18.9 Å². The van der Waals surface area contributed by atoms with Crippen molar-refractivity contribution in [3.63, 3.8) is 0 Å². The van der Waals surface area contributed by atoms with Gasteiger partial charge in [-0.15, -0.1) is 0 Å². The Balaban J connectivity index is 1.67. The smallest absolute Gasteiger partial charge is 0.311 e. The Morgan fingerprint density at radius 2 is 1.69 bits per heavy atom. The maximum Gasteiger partial charge on any atom is 0.311 e. The molecule has 0 radical (unpaired) electrons. The molecule has 0 aromatic heterocycles. The van der Waals surface area contributed by atoms with E-state index in [1.807, 2.05) is 24.3 Å². The molecule has 3 rings (SSSR count). The van der Waals surface area contributed by atoms with Gasteiger partial charge in [0.25, 0.3) is 5.91 Å². The van der Waals surface area contributed by atoms with Crippen molar-refractivity contribution < 1.29 is 28.5 Å². The quantitative estimate of drug-likeness (QED) is 0.667. The van der Waals surface area contributed by atoms with Crippen molar-refractivity contribution in [2.24, 2.45) is 0 Å². The van der Waals surface area contributed by atoms with Crippen molar-refractivity contribution in [2.45, 2.75) is 25.9 Å². The maximum atomic E-state index is 12.8.